The molecule has 3 heteroatoms. The number of fused-ring (bicyclic) bond motifs is 1. The van der Waals surface area contributed by atoms with Crippen LogP contribution in [-0.4, -0.2) is 23.6 Å². The smallest absolute Gasteiger partial charge is 0.0726 e. The van der Waals surface area contributed by atoms with E-state index in [4.69, 9.17) is 5.73 Å². The molecule has 2 N–H and O–H groups in total. The summed E-state index contributed by atoms with van der Waals surface area (Å²) in [4.78, 5) is 7.18. The van der Waals surface area contributed by atoms with E-state index in [1.54, 1.807) is 0 Å². The number of piperidine rings is 1. The third kappa shape index (κ3) is 2.27. The molecule has 2 unspecified atom stereocenters. The second kappa shape index (κ2) is 5.41. The number of nitrogens with two attached hydrogens (primary N) is 1. The van der Waals surface area contributed by atoms with Crippen molar-refractivity contribution in [1.29, 1.82) is 0 Å². The Morgan fingerprint density at radius 1 is 1.30 bits per heavy atom. The number of hydrogen-bond acceptors (Lipinski definition) is 3. The maximum Gasteiger partial charge on any atom is 0.0726 e. The molecule has 0 amide bonds. The van der Waals surface area contributed by atoms with Crippen molar-refractivity contribution in [3.63, 3.8) is 0 Å². The third-order valence-corrected chi connectivity index (χ3v) is 4.40. The topological polar surface area (TPSA) is 42.1 Å². The maximum atomic E-state index is 6.02. The molecule has 1 saturated heterocycles. The van der Waals surface area contributed by atoms with E-state index in [-0.39, 0.29) is 0 Å². The summed E-state index contributed by atoms with van der Waals surface area (Å²) in [5, 5.41) is 1.24. The molecule has 2 atom stereocenters. The largest absolute Gasteiger partial charge is 0.364 e. The van der Waals surface area contributed by atoms with Gasteiger partial charge in [0, 0.05) is 35.4 Å². The third-order valence-electron chi connectivity index (χ3n) is 4.40. The summed E-state index contributed by atoms with van der Waals surface area (Å²) in [5.41, 5.74) is 9.48. The van der Waals surface area contributed by atoms with E-state index in [1.165, 1.54) is 30.3 Å². The van der Waals surface area contributed by atoms with E-state index in [1.807, 2.05) is 0 Å². The molecule has 106 valence electrons. The molecule has 1 aromatic heterocycles. The predicted molar refractivity (Wildman–Crippen MR) is 85.1 cm³/mol. The molecule has 1 aromatic carbocycles. The molecule has 0 spiro atoms. The Balaban J connectivity index is 2.16. The van der Waals surface area contributed by atoms with Gasteiger partial charge in [-0.25, -0.2) is 0 Å². The minimum Gasteiger partial charge on any atom is -0.364 e. The summed E-state index contributed by atoms with van der Waals surface area (Å²) < 4.78 is 0. The number of aromatic nitrogens is 1. The summed E-state index contributed by atoms with van der Waals surface area (Å²) in [5.74, 6) is 0. The van der Waals surface area contributed by atoms with Crippen molar-refractivity contribution in [3.8, 4) is 0 Å². The normalized spacial score (nSPS) is 23.2. The number of aryl methyl sites for hydroxylation is 1. The van der Waals surface area contributed by atoms with Gasteiger partial charge in [-0.3, -0.25) is 4.98 Å². The van der Waals surface area contributed by atoms with Crippen LogP contribution in [0, 0.1) is 6.92 Å². The average molecular weight is 269 g/mol. The molecule has 2 aromatic rings. The van der Waals surface area contributed by atoms with Crippen molar-refractivity contribution in [2.75, 3.05) is 11.4 Å². The van der Waals surface area contributed by atoms with Gasteiger partial charge in [0.1, 0.15) is 0 Å². The summed E-state index contributed by atoms with van der Waals surface area (Å²) in [6.45, 7) is 5.11. The molecule has 0 aliphatic carbocycles. The first-order chi connectivity index (χ1) is 9.70. The number of benzene rings is 1. The SMILES string of the molecule is Cc1cc(N2C(C)CCCC2CN)c2ccccc2n1. The lowest BCUT2D eigenvalue weighted by molar-refractivity contribution is 0.401. The van der Waals surface area contributed by atoms with Crippen molar-refractivity contribution < 1.29 is 0 Å². The first kappa shape index (κ1) is 13.4. The zero-order chi connectivity index (χ0) is 14.1. The van der Waals surface area contributed by atoms with Gasteiger partial charge in [-0.05, 0) is 45.2 Å². The van der Waals surface area contributed by atoms with Crippen molar-refractivity contribution in [3.05, 3.63) is 36.0 Å². The highest BCUT2D eigenvalue weighted by atomic mass is 15.2. The number of hydrogen-bond donors (Lipinski definition) is 1. The van der Waals surface area contributed by atoms with E-state index in [0.29, 0.717) is 12.1 Å². The van der Waals surface area contributed by atoms with Gasteiger partial charge in [0.25, 0.3) is 0 Å². The summed E-state index contributed by atoms with van der Waals surface area (Å²) in [7, 11) is 0. The molecule has 0 radical (unpaired) electrons. The van der Waals surface area contributed by atoms with Crippen LogP contribution in [0.3, 0.4) is 0 Å². The summed E-state index contributed by atoms with van der Waals surface area (Å²) in [6, 6.07) is 11.6. The predicted octanol–water partition coefficient (Wildman–Crippen LogP) is 3.25. The van der Waals surface area contributed by atoms with Crippen LogP contribution in [0.15, 0.2) is 30.3 Å². The first-order valence-corrected chi connectivity index (χ1v) is 7.55. The van der Waals surface area contributed by atoms with E-state index in [2.05, 4.69) is 54.1 Å². The van der Waals surface area contributed by atoms with Gasteiger partial charge in [-0.2, -0.15) is 0 Å². The van der Waals surface area contributed by atoms with Crippen molar-refractivity contribution in [1.82, 2.24) is 4.98 Å². The highest BCUT2D eigenvalue weighted by molar-refractivity contribution is 5.92. The van der Waals surface area contributed by atoms with Gasteiger partial charge >= 0.3 is 0 Å². The zero-order valence-electron chi connectivity index (χ0n) is 12.3. The highest BCUT2D eigenvalue weighted by Crippen LogP contribution is 2.34. The molecule has 3 rings (SSSR count). The van der Waals surface area contributed by atoms with Gasteiger partial charge in [-0.1, -0.05) is 18.2 Å². The van der Waals surface area contributed by atoms with Crippen LogP contribution >= 0.6 is 0 Å². The Labute approximate surface area is 120 Å². The average Bonchev–Trinajstić information content (AvgIpc) is 2.46. The minimum absolute atomic E-state index is 0.448. The maximum absolute atomic E-state index is 6.02. The Bertz CT molecular complexity index is 608. The molecular formula is C17H23N3. The zero-order valence-corrected chi connectivity index (χ0v) is 12.3. The molecule has 0 bridgehead atoms. The Hall–Kier alpha value is -1.61. The fourth-order valence-corrected chi connectivity index (χ4v) is 3.45. The monoisotopic (exact) mass is 269 g/mol. The van der Waals surface area contributed by atoms with Gasteiger partial charge in [-0.15, -0.1) is 0 Å². The fourth-order valence-electron chi connectivity index (χ4n) is 3.45. The lowest BCUT2D eigenvalue weighted by Gasteiger charge is -2.42. The van der Waals surface area contributed by atoms with Gasteiger partial charge in [0.05, 0.1) is 5.52 Å². The standard InChI is InChI=1S/C17H23N3/c1-12-10-17(15-8-3-4-9-16(15)19-12)20-13(2)6-5-7-14(20)11-18/h3-4,8-10,13-14H,5-7,11,18H2,1-2H3. The molecule has 3 nitrogen and oxygen atoms in total. The lowest BCUT2D eigenvalue weighted by Crippen LogP contribution is -2.49. The Kier molecular flexibility index (Phi) is 3.62. The summed E-state index contributed by atoms with van der Waals surface area (Å²) in [6.07, 6.45) is 3.71. The van der Waals surface area contributed by atoms with Crippen LogP contribution in [0.5, 0.6) is 0 Å². The van der Waals surface area contributed by atoms with Crippen LogP contribution in [0.4, 0.5) is 5.69 Å². The van der Waals surface area contributed by atoms with Crippen LogP contribution < -0.4 is 10.6 Å². The fraction of sp³-hybridized carbons (Fsp3) is 0.471. The van der Waals surface area contributed by atoms with Crippen molar-refractivity contribution in [2.24, 2.45) is 5.73 Å². The van der Waals surface area contributed by atoms with Crippen LogP contribution in [0.2, 0.25) is 0 Å². The molecule has 20 heavy (non-hydrogen) atoms. The Morgan fingerprint density at radius 3 is 2.90 bits per heavy atom. The van der Waals surface area contributed by atoms with Crippen molar-refractivity contribution in [2.45, 2.75) is 45.2 Å². The minimum atomic E-state index is 0.448. The number of para-hydroxylation sites is 1. The van der Waals surface area contributed by atoms with Crippen molar-refractivity contribution >= 4 is 16.6 Å². The molecule has 1 fully saturated rings. The number of nitrogens with zero attached hydrogens (tertiary/aromatic N) is 2. The number of rotatable bonds is 2. The summed E-state index contributed by atoms with van der Waals surface area (Å²) >= 11 is 0. The van der Waals surface area contributed by atoms with Gasteiger partial charge in [0.2, 0.25) is 0 Å². The Morgan fingerprint density at radius 2 is 2.10 bits per heavy atom. The first-order valence-electron chi connectivity index (χ1n) is 7.55. The lowest BCUT2D eigenvalue weighted by atomic mass is 9.94. The molecule has 1 aliphatic rings. The molecular weight excluding hydrogens is 246 g/mol. The van der Waals surface area contributed by atoms with Gasteiger partial charge < -0.3 is 10.6 Å². The quantitative estimate of drug-likeness (QED) is 0.910. The molecule has 2 heterocycles. The second-order valence-corrected chi connectivity index (χ2v) is 5.88. The van der Waals surface area contributed by atoms with E-state index < -0.39 is 0 Å². The molecule has 0 saturated carbocycles. The van der Waals surface area contributed by atoms with Crippen LogP contribution in [0.1, 0.15) is 31.9 Å². The van der Waals surface area contributed by atoms with Gasteiger partial charge in [0.15, 0.2) is 0 Å². The number of pyridine rings is 1. The highest BCUT2D eigenvalue weighted by Gasteiger charge is 2.28. The van der Waals surface area contributed by atoms with Crippen LogP contribution in [-0.2, 0) is 0 Å². The van der Waals surface area contributed by atoms with E-state index >= 15 is 0 Å². The van der Waals surface area contributed by atoms with Crippen LogP contribution in [0.25, 0.3) is 10.9 Å². The molecule has 1 aliphatic heterocycles. The van der Waals surface area contributed by atoms with E-state index in [0.717, 1.165) is 17.8 Å². The number of anilines is 1. The second-order valence-electron chi connectivity index (χ2n) is 5.88. The van der Waals surface area contributed by atoms with E-state index in [9.17, 15) is 0 Å².